The molecule has 3 aromatic rings. The largest absolute Gasteiger partial charge is 0.496 e. The number of carbonyl (C=O) groups is 1. The summed E-state index contributed by atoms with van der Waals surface area (Å²) in [4.78, 5) is 17.0. The molecule has 3 heterocycles. The van der Waals surface area contributed by atoms with Crippen molar-refractivity contribution < 1.29 is 9.53 Å². The third-order valence-electron chi connectivity index (χ3n) is 4.94. The van der Waals surface area contributed by atoms with E-state index in [0.717, 1.165) is 36.2 Å². The van der Waals surface area contributed by atoms with Crippen molar-refractivity contribution in [3.63, 3.8) is 0 Å². The number of pyridine rings is 1. The SMILES string of the molecule is COc1ccccc1C(=O)NCCn1nc([C@@H]2CCNC2)c2cccnc21. The lowest BCUT2D eigenvalue weighted by Crippen LogP contribution is -2.28. The summed E-state index contributed by atoms with van der Waals surface area (Å²) >= 11 is 0. The quantitative estimate of drug-likeness (QED) is 0.698. The number of aromatic nitrogens is 3. The van der Waals surface area contributed by atoms with Gasteiger partial charge in [0.05, 0.1) is 24.9 Å². The number of para-hydroxylation sites is 1. The van der Waals surface area contributed by atoms with Crippen molar-refractivity contribution in [2.75, 3.05) is 26.7 Å². The third-order valence-corrected chi connectivity index (χ3v) is 4.94. The fourth-order valence-corrected chi connectivity index (χ4v) is 3.58. The molecule has 1 fully saturated rings. The van der Waals surface area contributed by atoms with Gasteiger partial charge >= 0.3 is 0 Å². The van der Waals surface area contributed by atoms with Gasteiger partial charge in [-0.2, -0.15) is 5.10 Å². The Bertz CT molecular complexity index is 946. The van der Waals surface area contributed by atoms with Crippen molar-refractivity contribution in [3.8, 4) is 5.75 Å². The number of nitrogens with zero attached hydrogens (tertiary/aromatic N) is 3. The topological polar surface area (TPSA) is 81.1 Å². The van der Waals surface area contributed by atoms with Crippen molar-refractivity contribution in [1.82, 2.24) is 25.4 Å². The lowest BCUT2D eigenvalue weighted by atomic mass is 10.0. The van der Waals surface area contributed by atoms with Crippen molar-refractivity contribution >= 4 is 16.9 Å². The molecule has 0 spiro atoms. The second-order valence-electron chi connectivity index (χ2n) is 6.63. The maximum atomic E-state index is 12.4. The fraction of sp³-hybridized carbons (Fsp3) is 0.350. The molecule has 140 valence electrons. The molecule has 0 unspecified atom stereocenters. The maximum Gasteiger partial charge on any atom is 0.255 e. The summed E-state index contributed by atoms with van der Waals surface area (Å²) in [7, 11) is 1.56. The van der Waals surface area contributed by atoms with Crippen LogP contribution in [0.15, 0.2) is 42.6 Å². The predicted octanol–water partition coefficient (Wildman–Crippen LogP) is 1.95. The predicted molar refractivity (Wildman–Crippen MR) is 103 cm³/mol. The summed E-state index contributed by atoms with van der Waals surface area (Å²) in [5.41, 5.74) is 2.49. The van der Waals surface area contributed by atoms with Crippen LogP contribution >= 0.6 is 0 Å². The van der Waals surface area contributed by atoms with E-state index in [9.17, 15) is 4.79 Å². The zero-order valence-electron chi connectivity index (χ0n) is 15.3. The van der Waals surface area contributed by atoms with Gasteiger partial charge in [-0.05, 0) is 37.2 Å². The number of amides is 1. The molecule has 4 rings (SSSR count). The van der Waals surface area contributed by atoms with Crippen molar-refractivity contribution in [1.29, 1.82) is 0 Å². The molecular formula is C20H23N5O2. The van der Waals surface area contributed by atoms with E-state index in [1.165, 1.54) is 0 Å². The smallest absolute Gasteiger partial charge is 0.255 e. The van der Waals surface area contributed by atoms with E-state index in [-0.39, 0.29) is 5.91 Å². The highest BCUT2D eigenvalue weighted by atomic mass is 16.5. The average Bonchev–Trinajstić information content (AvgIpc) is 3.36. The minimum Gasteiger partial charge on any atom is -0.496 e. The summed E-state index contributed by atoms with van der Waals surface area (Å²) in [5, 5.41) is 12.3. The van der Waals surface area contributed by atoms with Crippen LogP contribution < -0.4 is 15.4 Å². The number of fused-ring (bicyclic) bond motifs is 1. The molecule has 0 saturated carbocycles. The van der Waals surface area contributed by atoms with Crippen LogP contribution in [0, 0.1) is 0 Å². The molecule has 2 aromatic heterocycles. The lowest BCUT2D eigenvalue weighted by Gasteiger charge is -2.09. The molecule has 1 amide bonds. The van der Waals surface area contributed by atoms with Crippen LogP contribution in [-0.4, -0.2) is 47.4 Å². The fourth-order valence-electron chi connectivity index (χ4n) is 3.58. The molecule has 1 aromatic carbocycles. The van der Waals surface area contributed by atoms with Gasteiger partial charge in [-0.3, -0.25) is 4.79 Å². The van der Waals surface area contributed by atoms with Crippen molar-refractivity contribution in [3.05, 3.63) is 53.9 Å². The second-order valence-corrected chi connectivity index (χ2v) is 6.63. The second kappa shape index (κ2) is 7.75. The minimum absolute atomic E-state index is 0.155. The Kier molecular flexibility index (Phi) is 5.02. The zero-order valence-corrected chi connectivity index (χ0v) is 15.3. The molecule has 7 nitrogen and oxygen atoms in total. The van der Waals surface area contributed by atoms with Crippen molar-refractivity contribution in [2.24, 2.45) is 0 Å². The Hall–Kier alpha value is -2.93. The van der Waals surface area contributed by atoms with E-state index in [0.29, 0.717) is 30.3 Å². The molecule has 1 aliphatic rings. The summed E-state index contributed by atoms with van der Waals surface area (Å²) in [5.74, 6) is 0.829. The standard InChI is InChI=1S/C20H23N5O2/c1-27-17-7-3-2-5-15(17)20(26)23-11-12-25-19-16(6-4-9-22-19)18(24-25)14-8-10-21-13-14/h2-7,9,14,21H,8,10-13H2,1H3,(H,23,26)/t14-/m1/s1. The highest BCUT2D eigenvalue weighted by molar-refractivity contribution is 5.96. The van der Waals surface area contributed by atoms with E-state index in [4.69, 9.17) is 9.84 Å². The minimum atomic E-state index is -0.155. The normalized spacial score (nSPS) is 16.6. The van der Waals surface area contributed by atoms with Gasteiger partial charge in [-0.1, -0.05) is 12.1 Å². The van der Waals surface area contributed by atoms with Gasteiger partial charge in [-0.25, -0.2) is 9.67 Å². The monoisotopic (exact) mass is 365 g/mol. The zero-order chi connectivity index (χ0) is 18.6. The molecule has 1 atom stereocenters. The molecule has 0 radical (unpaired) electrons. The van der Waals surface area contributed by atoms with Gasteiger partial charge < -0.3 is 15.4 Å². The molecule has 2 N–H and O–H groups in total. The Labute approximate surface area is 157 Å². The van der Waals surface area contributed by atoms with Crippen LogP contribution in [0.2, 0.25) is 0 Å². The Morgan fingerprint density at radius 2 is 2.22 bits per heavy atom. The van der Waals surface area contributed by atoms with E-state index >= 15 is 0 Å². The average molecular weight is 365 g/mol. The number of nitrogens with one attached hydrogen (secondary N) is 2. The van der Waals surface area contributed by atoms with Gasteiger partial charge in [0, 0.05) is 30.6 Å². The van der Waals surface area contributed by atoms with E-state index in [2.05, 4.69) is 21.7 Å². The summed E-state index contributed by atoms with van der Waals surface area (Å²) in [6, 6.07) is 11.2. The van der Waals surface area contributed by atoms with Crippen LogP contribution in [0.4, 0.5) is 0 Å². The first-order valence-electron chi connectivity index (χ1n) is 9.21. The third kappa shape index (κ3) is 3.50. The number of carbonyl (C=O) groups excluding carboxylic acids is 1. The van der Waals surface area contributed by atoms with Crippen molar-refractivity contribution in [2.45, 2.75) is 18.9 Å². The first-order valence-corrected chi connectivity index (χ1v) is 9.21. The lowest BCUT2D eigenvalue weighted by molar-refractivity contribution is 0.0949. The van der Waals surface area contributed by atoms with Crippen LogP contribution in [0.5, 0.6) is 5.75 Å². The molecule has 1 saturated heterocycles. The summed E-state index contributed by atoms with van der Waals surface area (Å²) < 4.78 is 7.15. The molecule has 7 heteroatoms. The van der Waals surface area contributed by atoms with Crippen LogP contribution in [0.25, 0.3) is 11.0 Å². The number of rotatable bonds is 6. The number of benzene rings is 1. The first kappa shape index (κ1) is 17.5. The number of hydrogen-bond acceptors (Lipinski definition) is 5. The maximum absolute atomic E-state index is 12.4. The number of methoxy groups -OCH3 is 1. The highest BCUT2D eigenvalue weighted by Crippen LogP contribution is 2.27. The summed E-state index contributed by atoms with van der Waals surface area (Å²) in [6.07, 6.45) is 2.87. The van der Waals surface area contributed by atoms with Gasteiger partial charge in [0.15, 0.2) is 5.65 Å². The molecule has 0 bridgehead atoms. The van der Waals surface area contributed by atoms with E-state index < -0.39 is 0 Å². The Morgan fingerprint density at radius 1 is 1.33 bits per heavy atom. The Balaban J connectivity index is 1.48. The van der Waals surface area contributed by atoms with Gasteiger partial charge in [-0.15, -0.1) is 0 Å². The van der Waals surface area contributed by atoms with Gasteiger partial charge in [0.25, 0.3) is 5.91 Å². The van der Waals surface area contributed by atoms with Gasteiger partial charge in [0.2, 0.25) is 0 Å². The van der Waals surface area contributed by atoms with Crippen LogP contribution in [-0.2, 0) is 6.54 Å². The van der Waals surface area contributed by atoms with Crippen LogP contribution in [0.3, 0.4) is 0 Å². The first-order chi connectivity index (χ1) is 13.3. The Morgan fingerprint density at radius 3 is 3.04 bits per heavy atom. The van der Waals surface area contributed by atoms with E-state index in [1.54, 1.807) is 25.4 Å². The number of hydrogen-bond donors (Lipinski definition) is 2. The molecule has 1 aliphatic heterocycles. The molecule has 0 aliphatic carbocycles. The van der Waals surface area contributed by atoms with Crippen LogP contribution in [0.1, 0.15) is 28.4 Å². The number of ether oxygens (including phenoxy) is 1. The summed E-state index contributed by atoms with van der Waals surface area (Å²) in [6.45, 7) is 3.00. The molecular weight excluding hydrogens is 342 g/mol. The highest BCUT2D eigenvalue weighted by Gasteiger charge is 2.23. The molecule has 27 heavy (non-hydrogen) atoms. The van der Waals surface area contributed by atoms with E-state index in [1.807, 2.05) is 22.9 Å². The van der Waals surface area contributed by atoms with Gasteiger partial charge in [0.1, 0.15) is 5.75 Å².